The van der Waals surface area contributed by atoms with Crippen molar-refractivity contribution < 1.29 is 0 Å². The van der Waals surface area contributed by atoms with Gasteiger partial charge in [-0.05, 0) is 19.5 Å². The normalized spacial score (nSPS) is 11.2. The van der Waals surface area contributed by atoms with Crippen LogP contribution in [-0.4, -0.2) is 46.1 Å². The molecule has 0 bridgehead atoms. The standard InChI is InChI=1S/C11H23N5/c1-4-7-16(5-2)8-6-12-9-11-10-15(3)14-13-11/h10,12H,4-9H2,1-3H3. The molecule has 1 aromatic rings. The van der Waals surface area contributed by atoms with Crippen LogP contribution in [0.3, 0.4) is 0 Å². The molecule has 0 fully saturated rings. The molecule has 0 saturated carbocycles. The fourth-order valence-corrected chi connectivity index (χ4v) is 1.67. The van der Waals surface area contributed by atoms with Gasteiger partial charge in [-0.3, -0.25) is 4.68 Å². The molecule has 1 heterocycles. The third-order valence-electron chi connectivity index (χ3n) is 2.55. The number of aryl methyl sites for hydroxylation is 1. The number of hydrogen-bond acceptors (Lipinski definition) is 4. The molecule has 0 aliphatic carbocycles. The fourth-order valence-electron chi connectivity index (χ4n) is 1.67. The van der Waals surface area contributed by atoms with Crippen molar-refractivity contribution in [3.8, 4) is 0 Å². The average molecular weight is 225 g/mol. The van der Waals surface area contributed by atoms with E-state index < -0.39 is 0 Å². The maximum Gasteiger partial charge on any atom is 0.0964 e. The van der Waals surface area contributed by atoms with Crippen molar-refractivity contribution in [3.63, 3.8) is 0 Å². The lowest BCUT2D eigenvalue weighted by molar-refractivity contribution is 0.287. The Kier molecular flexibility index (Phi) is 6.03. The number of rotatable bonds is 8. The van der Waals surface area contributed by atoms with Crippen molar-refractivity contribution in [3.05, 3.63) is 11.9 Å². The Labute approximate surface area is 97.8 Å². The zero-order valence-corrected chi connectivity index (χ0v) is 10.6. The largest absolute Gasteiger partial charge is 0.310 e. The van der Waals surface area contributed by atoms with E-state index in [-0.39, 0.29) is 0 Å². The number of aromatic nitrogens is 3. The third-order valence-corrected chi connectivity index (χ3v) is 2.55. The molecule has 1 rings (SSSR count). The molecule has 16 heavy (non-hydrogen) atoms. The lowest BCUT2D eigenvalue weighted by Gasteiger charge is -2.19. The molecule has 0 radical (unpaired) electrons. The highest BCUT2D eigenvalue weighted by atomic mass is 15.4. The lowest BCUT2D eigenvalue weighted by atomic mass is 10.4. The number of nitrogens with one attached hydrogen (secondary N) is 1. The summed E-state index contributed by atoms with van der Waals surface area (Å²) in [5.74, 6) is 0. The highest BCUT2D eigenvalue weighted by Crippen LogP contribution is 1.91. The van der Waals surface area contributed by atoms with E-state index in [4.69, 9.17) is 0 Å². The summed E-state index contributed by atoms with van der Waals surface area (Å²) in [5.41, 5.74) is 1.00. The Morgan fingerprint density at radius 3 is 2.75 bits per heavy atom. The monoisotopic (exact) mass is 225 g/mol. The SMILES string of the molecule is CCCN(CC)CCNCc1cn(C)nn1. The molecule has 0 aliphatic rings. The fraction of sp³-hybridized carbons (Fsp3) is 0.818. The second kappa shape index (κ2) is 7.35. The topological polar surface area (TPSA) is 46.0 Å². The molecule has 0 atom stereocenters. The molecule has 0 aromatic carbocycles. The average Bonchev–Trinajstić information content (AvgIpc) is 2.69. The van der Waals surface area contributed by atoms with E-state index in [2.05, 4.69) is 34.4 Å². The summed E-state index contributed by atoms with van der Waals surface area (Å²) in [6.45, 7) is 9.64. The first kappa shape index (κ1) is 13.1. The smallest absolute Gasteiger partial charge is 0.0964 e. The van der Waals surface area contributed by atoms with Crippen molar-refractivity contribution in [2.45, 2.75) is 26.8 Å². The van der Waals surface area contributed by atoms with E-state index >= 15 is 0 Å². The minimum absolute atomic E-state index is 0.803. The maximum atomic E-state index is 4.03. The van der Waals surface area contributed by atoms with Crippen LogP contribution in [0.15, 0.2) is 6.20 Å². The zero-order valence-electron chi connectivity index (χ0n) is 10.6. The summed E-state index contributed by atoms with van der Waals surface area (Å²) in [7, 11) is 1.89. The van der Waals surface area contributed by atoms with Gasteiger partial charge in [0.15, 0.2) is 0 Å². The van der Waals surface area contributed by atoms with Crippen LogP contribution in [-0.2, 0) is 13.6 Å². The second-order valence-electron chi connectivity index (χ2n) is 3.99. The van der Waals surface area contributed by atoms with Gasteiger partial charge in [0.1, 0.15) is 0 Å². The van der Waals surface area contributed by atoms with Gasteiger partial charge in [-0.1, -0.05) is 19.1 Å². The van der Waals surface area contributed by atoms with Gasteiger partial charge in [0, 0.05) is 32.9 Å². The van der Waals surface area contributed by atoms with Gasteiger partial charge >= 0.3 is 0 Å². The lowest BCUT2D eigenvalue weighted by Crippen LogP contribution is -2.32. The van der Waals surface area contributed by atoms with E-state index in [1.807, 2.05) is 13.2 Å². The zero-order chi connectivity index (χ0) is 11.8. The Morgan fingerprint density at radius 1 is 1.38 bits per heavy atom. The second-order valence-corrected chi connectivity index (χ2v) is 3.99. The molecule has 0 aliphatic heterocycles. The summed E-state index contributed by atoms with van der Waals surface area (Å²) >= 11 is 0. The van der Waals surface area contributed by atoms with Gasteiger partial charge in [0.2, 0.25) is 0 Å². The highest BCUT2D eigenvalue weighted by Gasteiger charge is 2.01. The first-order valence-corrected chi connectivity index (χ1v) is 6.04. The molecule has 92 valence electrons. The summed E-state index contributed by atoms with van der Waals surface area (Å²) in [6.07, 6.45) is 3.16. The highest BCUT2D eigenvalue weighted by molar-refractivity contribution is 4.90. The Bertz CT molecular complexity index is 284. The summed E-state index contributed by atoms with van der Waals surface area (Å²) < 4.78 is 1.73. The van der Waals surface area contributed by atoms with Crippen LogP contribution < -0.4 is 5.32 Å². The van der Waals surface area contributed by atoms with Gasteiger partial charge in [-0.2, -0.15) is 0 Å². The summed E-state index contributed by atoms with van der Waals surface area (Å²) in [5, 5.41) is 11.3. The van der Waals surface area contributed by atoms with Crippen molar-refractivity contribution in [2.24, 2.45) is 7.05 Å². The number of hydrogen-bond donors (Lipinski definition) is 1. The summed E-state index contributed by atoms with van der Waals surface area (Å²) in [6, 6.07) is 0. The molecule has 0 spiro atoms. The van der Waals surface area contributed by atoms with Crippen LogP contribution in [0.4, 0.5) is 0 Å². The van der Waals surface area contributed by atoms with Crippen molar-refractivity contribution in [1.82, 2.24) is 25.2 Å². The van der Waals surface area contributed by atoms with Gasteiger partial charge in [0.05, 0.1) is 5.69 Å². The molecule has 5 heteroatoms. The molecular weight excluding hydrogens is 202 g/mol. The van der Waals surface area contributed by atoms with Crippen molar-refractivity contribution >= 4 is 0 Å². The summed E-state index contributed by atoms with van der Waals surface area (Å²) in [4.78, 5) is 2.45. The van der Waals surface area contributed by atoms with Crippen LogP contribution in [0.25, 0.3) is 0 Å². The van der Waals surface area contributed by atoms with Gasteiger partial charge in [-0.15, -0.1) is 5.10 Å². The Balaban J connectivity index is 2.11. The van der Waals surface area contributed by atoms with Crippen LogP contribution in [0.5, 0.6) is 0 Å². The Morgan fingerprint density at radius 2 is 2.19 bits per heavy atom. The van der Waals surface area contributed by atoms with Crippen LogP contribution in [0, 0.1) is 0 Å². The Hall–Kier alpha value is -0.940. The predicted octanol–water partition coefficient (Wildman–Crippen LogP) is 0.637. The number of nitrogens with zero attached hydrogens (tertiary/aromatic N) is 4. The van der Waals surface area contributed by atoms with Crippen LogP contribution >= 0.6 is 0 Å². The quantitative estimate of drug-likeness (QED) is 0.659. The van der Waals surface area contributed by atoms with Gasteiger partial charge in [-0.25, -0.2) is 0 Å². The maximum absolute atomic E-state index is 4.03. The molecule has 5 nitrogen and oxygen atoms in total. The van der Waals surface area contributed by atoms with Crippen LogP contribution in [0.2, 0.25) is 0 Å². The molecule has 0 saturated heterocycles. The first-order chi connectivity index (χ1) is 7.76. The molecule has 1 aromatic heterocycles. The third kappa shape index (κ3) is 4.72. The van der Waals surface area contributed by atoms with Crippen molar-refractivity contribution in [2.75, 3.05) is 26.2 Å². The molecule has 0 amide bonds. The van der Waals surface area contributed by atoms with E-state index in [1.54, 1.807) is 4.68 Å². The van der Waals surface area contributed by atoms with E-state index in [9.17, 15) is 0 Å². The van der Waals surface area contributed by atoms with Crippen molar-refractivity contribution in [1.29, 1.82) is 0 Å². The van der Waals surface area contributed by atoms with E-state index in [0.717, 1.165) is 31.9 Å². The van der Waals surface area contributed by atoms with Gasteiger partial charge in [0.25, 0.3) is 0 Å². The minimum Gasteiger partial charge on any atom is -0.310 e. The number of likely N-dealkylation sites (N-methyl/N-ethyl adjacent to an activating group) is 1. The molecular formula is C11H23N5. The predicted molar refractivity (Wildman–Crippen MR) is 65.1 cm³/mol. The van der Waals surface area contributed by atoms with E-state index in [0.29, 0.717) is 0 Å². The molecule has 1 N–H and O–H groups in total. The van der Waals surface area contributed by atoms with E-state index in [1.165, 1.54) is 13.0 Å². The first-order valence-electron chi connectivity index (χ1n) is 6.04. The van der Waals surface area contributed by atoms with Gasteiger partial charge < -0.3 is 10.2 Å². The molecule has 0 unspecified atom stereocenters. The van der Waals surface area contributed by atoms with Crippen LogP contribution in [0.1, 0.15) is 26.0 Å². The minimum atomic E-state index is 0.803.